The van der Waals surface area contributed by atoms with Gasteiger partial charge in [0.2, 0.25) is 5.91 Å². The van der Waals surface area contributed by atoms with E-state index in [2.05, 4.69) is 15.3 Å². The van der Waals surface area contributed by atoms with Crippen LogP contribution in [0.5, 0.6) is 0 Å². The highest BCUT2D eigenvalue weighted by atomic mass is 16.4. The van der Waals surface area contributed by atoms with Crippen molar-refractivity contribution >= 4 is 5.91 Å². The summed E-state index contributed by atoms with van der Waals surface area (Å²) < 4.78 is 0. The van der Waals surface area contributed by atoms with Crippen molar-refractivity contribution in [2.24, 2.45) is 28.8 Å². The molecule has 0 aromatic rings. The fraction of sp³-hybridized carbons (Fsp3) is 0.923. The number of azide groups is 1. The number of amides is 1. The molecule has 0 radical (unpaired) electrons. The number of hydrogen-bond donors (Lipinski definition) is 5. The zero-order valence-electron chi connectivity index (χ0n) is 12.1. The van der Waals surface area contributed by atoms with Crippen LogP contribution in [0.1, 0.15) is 12.8 Å². The fourth-order valence-corrected chi connectivity index (χ4v) is 3.52. The second-order valence-electron chi connectivity index (χ2n) is 5.95. The lowest BCUT2D eigenvalue weighted by Crippen LogP contribution is -2.49. The Bertz CT molecular complexity index is 456. The Hall–Kier alpha value is -1.38. The molecule has 0 saturated heterocycles. The van der Waals surface area contributed by atoms with Crippen LogP contribution >= 0.6 is 0 Å². The van der Waals surface area contributed by atoms with Gasteiger partial charge in [0, 0.05) is 42.4 Å². The maximum atomic E-state index is 12.1. The van der Waals surface area contributed by atoms with E-state index in [9.17, 15) is 25.2 Å². The van der Waals surface area contributed by atoms with Crippen LogP contribution in [0.25, 0.3) is 10.4 Å². The third-order valence-electron chi connectivity index (χ3n) is 4.72. The number of fused-ring (bicyclic) bond motifs is 1. The van der Waals surface area contributed by atoms with Gasteiger partial charge in [-0.05, 0) is 24.3 Å². The first-order chi connectivity index (χ1) is 10.5. The molecule has 5 N–H and O–H groups in total. The molecule has 2 saturated carbocycles. The number of nitrogens with zero attached hydrogens (tertiary/aromatic N) is 3. The van der Waals surface area contributed by atoms with Gasteiger partial charge in [-0.2, -0.15) is 0 Å². The van der Waals surface area contributed by atoms with Crippen LogP contribution in [-0.2, 0) is 4.79 Å². The standard InChI is InChI=1S/C13H22N4O5/c14-17-16-4-2-1-3-15-13(22)9-7-6(5-18)10(19)12(21)11(20)8(7)9/h6-12,18-21H,1-5H2,(H,15,22)/t6-,7+,8-,9-,10+,11-,12-/m0/s1. The molecule has 0 spiro atoms. The molecule has 0 aromatic heterocycles. The average Bonchev–Trinajstić information content (AvgIpc) is 3.24. The van der Waals surface area contributed by atoms with Crippen molar-refractivity contribution in [1.82, 2.24) is 5.32 Å². The highest BCUT2D eigenvalue weighted by Crippen LogP contribution is 2.58. The molecule has 0 aromatic carbocycles. The predicted molar refractivity (Wildman–Crippen MR) is 75.3 cm³/mol. The van der Waals surface area contributed by atoms with Crippen molar-refractivity contribution in [1.29, 1.82) is 0 Å². The number of rotatable bonds is 7. The second kappa shape index (κ2) is 7.26. The molecular weight excluding hydrogens is 292 g/mol. The summed E-state index contributed by atoms with van der Waals surface area (Å²) in [5.41, 5.74) is 8.13. The minimum atomic E-state index is -1.33. The Balaban J connectivity index is 1.83. The number of aliphatic hydroxyl groups is 4. The molecule has 0 aliphatic heterocycles. The zero-order chi connectivity index (χ0) is 16.3. The third-order valence-corrected chi connectivity index (χ3v) is 4.72. The summed E-state index contributed by atoms with van der Waals surface area (Å²) in [6, 6.07) is 0. The molecule has 0 heterocycles. The fourth-order valence-electron chi connectivity index (χ4n) is 3.52. The molecule has 22 heavy (non-hydrogen) atoms. The zero-order valence-corrected chi connectivity index (χ0v) is 12.1. The first-order valence-electron chi connectivity index (χ1n) is 7.48. The van der Waals surface area contributed by atoms with Crippen molar-refractivity contribution in [3.05, 3.63) is 10.4 Å². The van der Waals surface area contributed by atoms with Crippen molar-refractivity contribution < 1.29 is 25.2 Å². The van der Waals surface area contributed by atoms with E-state index in [1.54, 1.807) is 0 Å². The molecular formula is C13H22N4O5. The quantitative estimate of drug-likeness (QED) is 0.172. The molecule has 7 atom stereocenters. The van der Waals surface area contributed by atoms with Crippen LogP contribution in [0.15, 0.2) is 5.11 Å². The van der Waals surface area contributed by atoms with E-state index in [-0.39, 0.29) is 18.4 Å². The van der Waals surface area contributed by atoms with E-state index in [0.717, 1.165) is 0 Å². The monoisotopic (exact) mass is 314 g/mol. The first kappa shape index (κ1) is 17.0. The van der Waals surface area contributed by atoms with Gasteiger partial charge in [-0.15, -0.1) is 0 Å². The summed E-state index contributed by atoms with van der Waals surface area (Å²) in [5.74, 6) is -2.04. The van der Waals surface area contributed by atoms with Crippen molar-refractivity contribution in [2.75, 3.05) is 19.7 Å². The van der Waals surface area contributed by atoms with Crippen LogP contribution in [0.3, 0.4) is 0 Å². The molecule has 9 heteroatoms. The van der Waals surface area contributed by atoms with E-state index in [0.29, 0.717) is 25.9 Å². The Morgan fingerprint density at radius 2 is 1.86 bits per heavy atom. The normalized spacial score (nSPS) is 39.5. The van der Waals surface area contributed by atoms with Gasteiger partial charge in [0.25, 0.3) is 0 Å². The number of carbonyl (C=O) groups is 1. The number of nitrogens with one attached hydrogen (secondary N) is 1. The Kier molecular flexibility index (Phi) is 5.60. The maximum absolute atomic E-state index is 12.1. The van der Waals surface area contributed by atoms with Crippen LogP contribution < -0.4 is 5.32 Å². The van der Waals surface area contributed by atoms with Crippen LogP contribution in [0.2, 0.25) is 0 Å². The molecule has 2 aliphatic carbocycles. The summed E-state index contributed by atoms with van der Waals surface area (Å²) >= 11 is 0. The lowest BCUT2D eigenvalue weighted by atomic mass is 9.83. The molecule has 0 bridgehead atoms. The van der Waals surface area contributed by atoms with Gasteiger partial charge in [-0.25, -0.2) is 0 Å². The number of unbranched alkanes of at least 4 members (excludes halogenated alkanes) is 1. The highest BCUT2D eigenvalue weighted by Gasteiger charge is 2.67. The van der Waals surface area contributed by atoms with Gasteiger partial charge >= 0.3 is 0 Å². The van der Waals surface area contributed by atoms with Crippen molar-refractivity contribution in [2.45, 2.75) is 31.2 Å². The highest BCUT2D eigenvalue weighted by molar-refractivity contribution is 5.82. The SMILES string of the molecule is [N-]=[N+]=NCCCCNC(=O)[C@@H]1[C@H]2[C@H](O)[C@@H](O)[C@H](O)[C@@H](CO)[C@@H]12. The van der Waals surface area contributed by atoms with E-state index in [1.165, 1.54) is 0 Å². The molecule has 124 valence electrons. The van der Waals surface area contributed by atoms with Gasteiger partial charge < -0.3 is 25.7 Å². The molecule has 1 amide bonds. The summed E-state index contributed by atoms with van der Waals surface area (Å²) in [5, 5.41) is 45.0. The van der Waals surface area contributed by atoms with Gasteiger partial charge in [0.1, 0.15) is 6.10 Å². The van der Waals surface area contributed by atoms with E-state index < -0.39 is 36.1 Å². The lowest BCUT2D eigenvalue weighted by molar-refractivity contribution is -0.124. The van der Waals surface area contributed by atoms with Crippen molar-refractivity contribution in [3.63, 3.8) is 0 Å². The topological polar surface area (TPSA) is 159 Å². The van der Waals surface area contributed by atoms with E-state index in [1.807, 2.05) is 0 Å². The maximum Gasteiger partial charge on any atom is 0.223 e. The largest absolute Gasteiger partial charge is 0.396 e. The molecule has 2 rings (SSSR count). The summed E-state index contributed by atoms with van der Waals surface area (Å²) in [7, 11) is 0. The minimum Gasteiger partial charge on any atom is -0.396 e. The average molecular weight is 314 g/mol. The minimum absolute atomic E-state index is 0.238. The molecule has 0 unspecified atom stereocenters. The van der Waals surface area contributed by atoms with Gasteiger partial charge in [0.05, 0.1) is 12.2 Å². The molecule has 9 nitrogen and oxygen atoms in total. The van der Waals surface area contributed by atoms with Gasteiger partial charge in [-0.3, -0.25) is 4.79 Å². The molecule has 2 fully saturated rings. The van der Waals surface area contributed by atoms with Crippen LogP contribution in [0.4, 0.5) is 0 Å². The van der Waals surface area contributed by atoms with Gasteiger partial charge in [0.15, 0.2) is 0 Å². The lowest BCUT2D eigenvalue weighted by Gasteiger charge is -2.33. The first-order valence-corrected chi connectivity index (χ1v) is 7.48. The van der Waals surface area contributed by atoms with Crippen molar-refractivity contribution in [3.8, 4) is 0 Å². The summed E-state index contributed by atoms with van der Waals surface area (Å²) in [4.78, 5) is 14.8. The van der Waals surface area contributed by atoms with E-state index >= 15 is 0 Å². The summed E-state index contributed by atoms with van der Waals surface area (Å²) in [6.45, 7) is 0.480. The van der Waals surface area contributed by atoms with E-state index in [4.69, 9.17) is 5.53 Å². The van der Waals surface area contributed by atoms with Crippen LogP contribution in [0, 0.1) is 23.7 Å². The van der Waals surface area contributed by atoms with Crippen LogP contribution in [-0.4, -0.2) is 64.3 Å². The number of carbonyl (C=O) groups excluding carboxylic acids is 1. The molecule has 2 aliphatic rings. The second-order valence-corrected chi connectivity index (χ2v) is 5.95. The smallest absolute Gasteiger partial charge is 0.223 e. The summed E-state index contributed by atoms with van der Waals surface area (Å²) in [6.07, 6.45) is -2.36. The predicted octanol–water partition coefficient (Wildman–Crippen LogP) is -1.24. The number of hydrogen-bond acceptors (Lipinski definition) is 6. The van der Waals surface area contributed by atoms with Gasteiger partial charge in [-0.1, -0.05) is 5.11 Å². The Morgan fingerprint density at radius 1 is 1.14 bits per heavy atom. The Morgan fingerprint density at radius 3 is 2.50 bits per heavy atom. The number of aliphatic hydroxyl groups excluding tert-OH is 4. The Labute approximate surface area is 127 Å². The third kappa shape index (κ3) is 3.18.